The van der Waals surface area contributed by atoms with Gasteiger partial charge >= 0.3 is 6.16 Å². The average Bonchev–Trinajstić information content (AvgIpc) is 2.11. The van der Waals surface area contributed by atoms with Gasteiger partial charge in [0.2, 0.25) is 0 Å². The van der Waals surface area contributed by atoms with E-state index in [0.29, 0.717) is 5.75 Å². The van der Waals surface area contributed by atoms with Crippen LogP contribution in [0.15, 0.2) is 18.2 Å². The molecule has 0 saturated carbocycles. The molecule has 0 fully saturated rings. The number of aryl methyl sites for hydroxylation is 2. The Morgan fingerprint density at radius 2 is 2.21 bits per heavy atom. The molecule has 0 saturated heterocycles. The first-order valence-electron chi connectivity index (χ1n) is 4.64. The molecule has 0 unspecified atom stereocenters. The Labute approximate surface area is 83.3 Å². The standard InChI is InChI=1S/C11H14O3/c1-3-5-9-7-4-6-8(2)10(9)14-11(12)13/h4,6-7H,3,5H2,1-2H3,(H,12,13). The summed E-state index contributed by atoms with van der Waals surface area (Å²) in [5.74, 6) is 0.488. The van der Waals surface area contributed by atoms with Crippen molar-refractivity contribution in [2.24, 2.45) is 0 Å². The fourth-order valence-corrected chi connectivity index (χ4v) is 1.41. The quantitative estimate of drug-likeness (QED) is 0.594. The van der Waals surface area contributed by atoms with Gasteiger partial charge in [0.15, 0.2) is 0 Å². The van der Waals surface area contributed by atoms with E-state index in [2.05, 4.69) is 0 Å². The first kappa shape index (κ1) is 10.6. The van der Waals surface area contributed by atoms with Crippen LogP contribution in [0.4, 0.5) is 4.79 Å². The Hall–Kier alpha value is -1.51. The maximum Gasteiger partial charge on any atom is 0.511 e. The Balaban J connectivity index is 3.02. The number of benzene rings is 1. The van der Waals surface area contributed by atoms with Gasteiger partial charge in [-0.1, -0.05) is 31.5 Å². The van der Waals surface area contributed by atoms with Gasteiger partial charge in [0.05, 0.1) is 0 Å². The molecule has 0 spiro atoms. The topological polar surface area (TPSA) is 46.5 Å². The second kappa shape index (κ2) is 4.65. The van der Waals surface area contributed by atoms with Crippen molar-refractivity contribution in [1.82, 2.24) is 0 Å². The van der Waals surface area contributed by atoms with Crippen LogP contribution in [0.25, 0.3) is 0 Å². The van der Waals surface area contributed by atoms with Crippen molar-refractivity contribution >= 4 is 6.16 Å². The average molecular weight is 194 g/mol. The van der Waals surface area contributed by atoms with E-state index < -0.39 is 6.16 Å². The molecule has 14 heavy (non-hydrogen) atoms. The summed E-state index contributed by atoms with van der Waals surface area (Å²) >= 11 is 0. The van der Waals surface area contributed by atoms with Gasteiger partial charge in [-0.15, -0.1) is 0 Å². The number of hydrogen-bond acceptors (Lipinski definition) is 2. The summed E-state index contributed by atoms with van der Waals surface area (Å²) < 4.78 is 4.75. The van der Waals surface area contributed by atoms with Gasteiger partial charge in [0.1, 0.15) is 5.75 Å². The number of carboxylic acid groups (broad SMARTS) is 1. The highest BCUT2D eigenvalue weighted by Crippen LogP contribution is 2.24. The molecule has 0 aliphatic rings. The van der Waals surface area contributed by atoms with Crippen LogP contribution in [0.2, 0.25) is 0 Å². The molecule has 1 rings (SSSR count). The SMILES string of the molecule is CCCc1cccc(C)c1OC(=O)O. The van der Waals surface area contributed by atoms with Crippen molar-refractivity contribution in [2.75, 3.05) is 0 Å². The molecule has 1 aromatic carbocycles. The minimum Gasteiger partial charge on any atom is -0.449 e. The highest BCUT2D eigenvalue weighted by Gasteiger charge is 2.09. The predicted octanol–water partition coefficient (Wildman–Crippen LogP) is 3.00. The van der Waals surface area contributed by atoms with Crippen molar-refractivity contribution in [2.45, 2.75) is 26.7 Å². The third-order valence-corrected chi connectivity index (χ3v) is 2.00. The summed E-state index contributed by atoms with van der Waals surface area (Å²) in [6.45, 7) is 3.89. The Morgan fingerprint density at radius 1 is 1.50 bits per heavy atom. The van der Waals surface area contributed by atoms with Gasteiger partial charge < -0.3 is 9.84 Å². The normalized spacial score (nSPS) is 9.86. The van der Waals surface area contributed by atoms with Crippen LogP contribution in [0.1, 0.15) is 24.5 Å². The van der Waals surface area contributed by atoms with E-state index in [1.807, 2.05) is 32.0 Å². The van der Waals surface area contributed by atoms with Crippen molar-refractivity contribution in [3.63, 3.8) is 0 Å². The number of hydrogen-bond donors (Lipinski definition) is 1. The molecule has 0 radical (unpaired) electrons. The molecule has 1 aromatic rings. The van der Waals surface area contributed by atoms with E-state index >= 15 is 0 Å². The van der Waals surface area contributed by atoms with E-state index in [1.54, 1.807) is 0 Å². The van der Waals surface area contributed by atoms with Crippen LogP contribution < -0.4 is 4.74 Å². The van der Waals surface area contributed by atoms with Gasteiger partial charge in [-0.3, -0.25) is 0 Å². The molecule has 0 bridgehead atoms. The molecule has 0 heterocycles. The van der Waals surface area contributed by atoms with Gasteiger partial charge in [0, 0.05) is 0 Å². The van der Waals surface area contributed by atoms with Crippen LogP contribution in [0.5, 0.6) is 5.75 Å². The largest absolute Gasteiger partial charge is 0.511 e. The molecule has 0 amide bonds. The van der Waals surface area contributed by atoms with Gasteiger partial charge in [-0.05, 0) is 24.5 Å². The summed E-state index contributed by atoms with van der Waals surface area (Å²) in [5, 5.41) is 8.56. The lowest BCUT2D eigenvalue weighted by molar-refractivity contribution is 0.143. The maximum atomic E-state index is 10.5. The van der Waals surface area contributed by atoms with Gasteiger partial charge in [-0.2, -0.15) is 0 Å². The molecule has 1 N–H and O–H groups in total. The molecule has 0 aliphatic carbocycles. The second-order valence-electron chi connectivity index (χ2n) is 3.18. The lowest BCUT2D eigenvalue weighted by Crippen LogP contribution is -2.06. The van der Waals surface area contributed by atoms with Crippen molar-refractivity contribution in [3.05, 3.63) is 29.3 Å². The molecule has 3 heteroatoms. The van der Waals surface area contributed by atoms with Crippen LogP contribution in [-0.2, 0) is 6.42 Å². The number of carbonyl (C=O) groups is 1. The first-order valence-corrected chi connectivity index (χ1v) is 4.64. The molecule has 0 atom stereocenters. The molecule has 76 valence electrons. The lowest BCUT2D eigenvalue weighted by atomic mass is 10.1. The Kier molecular flexibility index (Phi) is 3.51. The fourth-order valence-electron chi connectivity index (χ4n) is 1.41. The van der Waals surface area contributed by atoms with Crippen molar-refractivity contribution in [3.8, 4) is 5.75 Å². The van der Waals surface area contributed by atoms with E-state index in [0.717, 1.165) is 24.0 Å². The van der Waals surface area contributed by atoms with E-state index in [4.69, 9.17) is 9.84 Å². The number of rotatable bonds is 3. The molecular formula is C11H14O3. The van der Waals surface area contributed by atoms with E-state index in [9.17, 15) is 4.79 Å². The van der Waals surface area contributed by atoms with Crippen LogP contribution in [0, 0.1) is 6.92 Å². The minimum atomic E-state index is -1.25. The van der Waals surface area contributed by atoms with E-state index in [-0.39, 0.29) is 0 Å². The first-order chi connectivity index (χ1) is 6.65. The smallest absolute Gasteiger partial charge is 0.449 e. The summed E-state index contributed by atoms with van der Waals surface area (Å²) in [6, 6.07) is 5.65. The third kappa shape index (κ3) is 2.49. The van der Waals surface area contributed by atoms with Crippen LogP contribution in [-0.4, -0.2) is 11.3 Å². The number of ether oxygens (including phenoxy) is 1. The lowest BCUT2D eigenvalue weighted by Gasteiger charge is -2.09. The maximum absolute atomic E-state index is 10.5. The van der Waals surface area contributed by atoms with Crippen LogP contribution in [0.3, 0.4) is 0 Å². The van der Waals surface area contributed by atoms with Gasteiger partial charge in [-0.25, -0.2) is 4.79 Å². The highest BCUT2D eigenvalue weighted by molar-refractivity contribution is 5.63. The Morgan fingerprint density at radius 3 is 2.79 bits per heavy atom. The zero-order valence-electron chi connectivity index (χ0n) is 8.41. The summed E-state index contributed by atoms with van der Waals surface area (Å²) in [5.41, 5.74) is 1.81. The highest BCUT2D eigenvalue weighted by atomic mass is 16.7. The van der Waals surface area contributed by atoms with Gasteiger partial charge in [0.25, 0.3) is 0 Å². The minimum absolute atomic E-state index is 0.488. The molecular weight excluding hydrogens is 180 g/mol. The fraction of sp³-hybridized carbons (Fsp3) is 0.364. The zero-order valence-corrected chi connectivity index (χ0v) is 8.41. The van der Waals surface area contributed by atoms with E-state index in [1.165, 1.54) is 0 Å². The third-order valence-electron chi connectivity index (χ3n) is 2.00. The van der Waals surface area contributed by atoms with Crippen LogP contribution >= 0.6 is 0 Å². The summed E-state index contributed by atoms with van der Waals surface area (Å²) in [7, 11) is 0. The Bertz CT molecular complexity index is 331. The monoisotopic (exact) mass is 194 g/mol. The summed E-state index contributed by atoms with van der Waals surface area (Å²) in [6.07, 6.45) is 0.556. The van der Waals surface area contributed by atoms with Crippen molar-refractivity contribution < 1.29 is 14.6 Å². The molecule has 0 aromatic heterocycles. The summed E-state index contributed by atoms with van der Waals surface area (Å²) in [4.78, 5) is 10.5. The predicted molar refractivity (Wildman–Crippen MR) is 53.8 cm³/mol. The number of para-hydroxylation sites is 1. The molecule has 0 aliphatic heterocycles. The molecule has 3 nitrogen and oxygen atoms in total. The zero-order chi connectivity index (χ0) is 10.6. The van der Waals surface area contributed by atoms with Crippen molar-refractivity contribution in [1.29, 1.82) is 0 Å². The second-order valence-corrected chi connectivity index (χ2v) is 3.18.